The van der Waals surface area contributed by atoms with Crippen molar-refractivity contribution in [2.45, 2.75) is 6.54 Å². The zero-order valence-electron chi connectivity index (χ0n) is 8.15. The van der Waals surface area contributed by atoms with Gasteiger partial charge in [-0.25, -0.2) is 4.79 Å². The van der Waals surface area contributed by atoms with Gasteiger partial charge in [0.15, 0.2) is 0 Å². The molecule has 0 aliphatic carbocycles. The minimum atomic E-state index is -1.16. The number of aromatic carboxylic acids is 1. The van der Waals surface area contributed by atoms with E-state index in [0.29, 0.717) is 11.3 Å². The van der Waals surface area contributed by atoms with Gasteiger partial charge >= 0.3 is 5.97 Å². The predicted octanol–water partition coefficient (Wildman–Crippen LogP) is 0.724. The van der Waals surface area contributed by atoms with Crippen LogP contribution in [0.2, 0.25) is 0 Å². The van der Waals surface area contributed by atoms with Crippen molar-refractivity contribution in [2.24, 2.45) is 5.73 Å². The van der Waals surface area contributed by atoms with Gasteiger partial charge in [-0.3, -0.25) is 0 Å². The molecule has 78 valence electrons. The fourth-order valence-corrected chi connectivity index (χ4v) is 1.24. The molecular formula is C10H10N2O3. The third-order valence-corrected chi connectivity index (χ3v) is 1.99. The average Bonchev–Trinajstić information content (AvgIpc) is 2.26. The van der Waals surface area contributed by atoms with Crippen LogP contribution in [-0.2, 0) is 6.54 Å². The van der Waals surface area contributed by atoms with Crippen molar-refractivity contribution in [1.29, 1.82) is 5.26 Å². The molecule has 0 aliphatic heterocycles. The highest BCUT2D eigenvalue weighted by atomic mass is 16.5. The first-order chi connectivity index (χ1) is 7.13. The van der Waals surface area contributed by atoms with Gasteiger partial charge in [-0.15, -0.1) is 0 Å². The Labute approximate surface area is 86.7 Å². The Morgan fingerprint density at radius 2 is 2.33 bits per heavy atom. The zero-order chi connectivity index (χ0) is 11.4. The summed E-state index contributed by atoms with van der Waals surface area (Å²) in [5.41, 5.74) is 6.06. The molecule has 0 radical (unpaired) electrons. The van der Waals surface area contributed by atoms with Crippen LogP contribution in [0.5, 0.6) is 5.75 Å². The molecular weight excluding hydrogens is 196 g/mol. The number of carbonyl (C=O) groups is 1. The van der Waals surface area contributed by atoms with Gasteiger partial charge in [0.25, 0.3) is 0 Å². The van der Waals surface area contributed by atoms with Crippen molar-refractivity contribution < 1.29 is 14.6 Å². The SMILES string of the molecule is COc1cc(C(=O)O)c(C#N)cc1CN. The summed E-state index contributed by atoms with van der Waals surface area (Å²) in [6, 6.07) is 4.55. The summed E-state index contributed by atoms with van der Waals surface area (Å²) in [7, 11) is 1.42. The van der Waals surface area contributed by atoms with E-state index in [2.05, 4.69) is 0 Å². The second kappa shape index (κ2) is 4.44. The number of nitriles is 1. The number of hydrogen-bond donors (Lipinski definition) is 2. The smallest absolute Gasteiger partial charge is 0.337 e. The van der Waals surface area contributed by atoms with Gasteiger partial charge in [-0.05, 0) is 12.1 Å². The number of carboxylic acid groups (broad SMARTS) is 1. The summed E-state index contributed by atoms with van der Waals surface area (Å²) in [6.07, 6.45) is 0. The van der Waals surface area contributed by atoms with Crippen LogP contribution in [0, 0.1) is 11.3 Å². The van der Waals surface area contributed by atoms with Gasteiger partial charge in [-0.2, -0.15) is 5.26 Å². The molecule has 5 heteroatoms. The number of ether oxygens (including phenoxy) is 1. The molecule has 0 aliphatic rings. The van der Waals surface area contributed by atoms with E-state index in [1.54, 1.807) is 0 Å². The molecule has 3 N–H and O–H groups in total. The number of hydrogen-bond acceptors (Lipinski definition) is 4. The van der Waals surface area contributed by atoms with Crippen LogP contribution in [0.4, 0.5) is 0 Å². The van der Waals surface area contributed by atoms with Gasteiger partial charge in [-0.1, -0.05) is 0 Å². The molecule has 0 aromatic heterocycles. The first kappa shape index (κ1) is 11.0. The fraction of sp³-hybridized carbons (Fsp3) is 0.200. The summed E-state index contributed by atoms with van der Waals surface area (Å²) in [6.45, 7) is 0.192. The van der Waals surface area contributed by atoms with Crippen molar-refractivity contribution in [3.05, 3.63) is 28.8 Å². The highest BCUT2D eigenvalue weighted by molar-refractivity contribution is 5.91. The lowest BCUT2D eigenvalue weighted by atomic mass is 10.0. The van der Waals surface area contributed by atoms with E-state index in [4.69, 9.17) is 20.8 Å². The lowest BCUT2D eigenvalue weighted by Crippen LogP contribution is -2.06. The molecule has 0 heterocycles. The maximum atomic E-state index is 10.8. The third kappa shape index (κ3) is 2.06. The van der Waals surface area contributed by atoms with Crippen LogP contribution in [0.1, 0.15) is 21.5 Å². The number of methoxy groups -OCH3 is 1. The van der Waals surface area contributed by atoms with E-state index in [-0.39, 0.29) is 17.7 Å². The number of carboxylic acids is 1. The highest BCUT2D eigenvalue weighted by Gasteiger charge is 2.14. The lowest BCUT2D eigenvalue weighted by molar-refractivity contribution is 0.0696. The van der Waals surface area contributed by atoms with Crippen molar-refractivity contribution in [3.63, 3.8) is 0 Å². The van der Waals surface area contributed by atoms with Crippen LogP contribution in [0.15, 0.2) is 12.1 Å². The first-order valence-electron chi connectivity index (χ1n) is 4.18. The molecule has 1 aromatic rings. The normalized spacial score (nSPS) is 9.40. The zero-order valence-corrected chi connectivity index (χ0v) is 8.15. The first-order valence-corrected chi connectivity index (χ1v) is 4.18. The third-order valence-electron chi connectivity index (χ3n) is 1.99. The maximum absolute atomic E-state index is 10.8. The lowest BCUT2D eigenvalue weighted by Gasteiger charge is -2.08. The minimum Gasteiger partial charge on any atom is -0.496 e. The van der Waals surface area contributed by atoms with E-state index < -0.39 is 5.97 Å². The van der Waals surface area contributed by atoms with Crippen LogP contribution in [-0.4, -0.2) is 18.2 Å². The van der Waals surface area contributed by atoms with Crippen LogP contribution >= 0.6 is 0 Å². The van der Waals surface area contributed by atoms with Crippen LogP contribution in [0.25, 0.3) is 0 Å². The molecule has 0 bridgehead atoms. The Kier molecular flexibility index (Phi) is 3.26. The molecule has 0 unspecified atom stereocenters. The highest BCUT2D eigenvalue weighted by Crippen LogP contribution is 2.23. The van der Waals surface area contributed by atoms with Crippen molar-refractivity contribution in [3.8, 4) is 11.8 Å². The van der Waals surface area contributed by atoms with Gasteiger partial charge < -0.3 is 15.6 Å². The number of nitrogens with zero attached hydrogens (tertiary/aromatic N) is 1. The Morgan fingerprint density at radius 1 is 1.67 bits per heavy atom. The van der Waals surface area contributed by atoms with Gasteiger partial charge in [0.05, 0.1) is 18.2 Å². The molecule has 1 rings (SSSR count). The Morgan fingerprint density at radius 3 is 2.73 bits per heavy atom. The predicted molar refractivity (Wildman–Crippen MR) is 52.6 cm³/mol. The summed E-state index contributed by atoms with van der Waals surface area (Å²) in [5, 5.41) is 17.6. The monoisotopic (exact) mass is 206 g/mol. The fourth-order valence-electron chi connectivity index (χ4n) is 1.24. The quantitative estimate of drug-likeness (QED) is 0.759. The molecule has 0 amide bonds. The Balaban J connectivity index is 3.42. The van der Waals surface area contributed by atoms with Crippen molar-refractivity contribution in [1.82, 2.24) is 0 Å². The van der Waals surface area contributed by atoms with Crippen molar-refractivity contribution in [2.75, 3.05) is 7.11 Å². The summed E-state index contributed by atoms with van der Waals surface area (Å²) < 4.78 is 4.97. The molecule has 5 nitrogen and oxygen atoms in total. The number of benzene rings is 1. The largest absolute Gasteiger partial charge is 0.496 e. The second-order valence-electron chi connectivity index (χ2n) is 2.83. The minimum absolute atomic E-state index is 0.0773. The number of rotatable bonds is 3. The molecule has 15 heavy (non-hydrogen) atoms. The van der Waals surface area contributed by atoms with Crippen molar-refractivity contribution >= 4 is 5.97 Å². The molecule has 0 atom stereocenters. The van der Waals surface area contributed by atoms with E-state index in [0.717, 1.165) is 0 Å². The van der Waals surface area contributed by atoms with E-state index in [9.17, 15) is 4.79 Å². The Bertz CT molecular complexity index is 435. The second-order valence-corrected chi connectivity index (χ2v) is 2.83. The number of nitrogens with two attached hydrogens (primary N) is 1. The molecule has 0 spiro atoms. The van der Waals surface area contributed by atoms with E-state index in [1.807, 2.05) is 6.07 Å². The van der Waals surface area contributed by atoms with Gasteiger partial charge in [0.2, 0.25) is 0 Å². The van der Waals surface area contributed by atoms with Gasteiger partial charge in [0.1, 0.15) is 11.8 Å². The van der Waals surface area contributed by atoms with Crippen LogP contribution in [0.3, 0.4) is 0 Å². The maximum Gasteiger partial charge on any atom is 0.337 e. The standard InChI is InChI=1S/C10H10N2O3/c1-15-9-3-8(10(13)14)6(4-11)2-7(9)5-12/h2-3H,5,12H2,1H3,(H,13,14). The van der Waals surface area contributed by atoms with Gasteiger partial charge in [0, 0.05) is 12.1 Å². The van der Waals surface area contributed by atoms with E-state index >= 15 is 0 Å². The van der Waals surface area contributed by atoms with E-state index in [1.165, 1.54) is 19.2 Å². The van der Waals surface area contributed by atoms with Crippen LogP contribution < -0.4 is 10.5 Å². The summed E-state index contributed by atoms with van der Waals surface area (Å²) in [5.74, 6) is -0.776. The molecule has 0 saturated heterocycles. The topological polar surface area (TPSA) is 96.3 Å². The molecule has 0 fully saturated rings. The Hall–Kier alpha value is -2.06. The summed E-state index contributed by atoms with van der Waals surface area (Å²) in [4.78, 5) is 10.8. The molecule has 0 saturated carbocycles. The molecule has 1 aromatic carbocycles. The average molecular weight is 206 g/mol. The summed E-state index contributed by atoms with van der Waals surface area (Å²) >= 11 is 0.